The van der Waals surface area contributed by atoms with Crippen LogP contribution < -0.4 is 10.1 Å². The monoisotopic (exact) mass is 475 g/mol. The van der Waals surface area contributed by atoms with E-state index in [0.717, 1.165) is 62.6 Å². The minimum Gasteiger partial charge on any atom is -0.475 e. The van der Waals surface area contributed by atoms with Crippen LogP contribution in [0.1, 0.15) is 67.6 Å². The summed E-state index contributed by atoms with van der Waals surface area (Å²) in [4.78, 5) is 20.2. The number of carbonyl (C=O) groups excluding carboxylic acids is 1. The third-order valence-electron chi connectivity index (χ3n) is 7.47. The van der Waals surface area contributed by atoms with Crippen molar-refractivity contribution in [2.75, 3.05) is 19.6 Å². The number of pyridine rings is 2. The molecule has 3 aromatic rings. The topological polar surface area (TPSA) is 71.8 Å². The number of hydrogen-bond donors (Lipinski definition) is 1. The van der Waals surface area contributed by atoms with E-state index in [1.807, 2.05) is 44.3 Å². The fraction of sp³-hybridized carbons (Fsp3) is 0.536. The molecule has 1 aliphatic carbocycles. The molecule has 0 atom stereocenters. The lowest BCUT2D eigenvalue weighted by molar-refractivity contribution is 0.0921. The summed E-state index contributed by atoms with van der Waals surface area (Å²) in [5.41, 5.74) is 4.09. The largest absolute Gasteiger partial charge is 0.475 e. The van der Waals surface area contributed by atoms with Gasteiger partial charge in [0.2, 0.25) is 5.88 Å². The Hall–Kier alpha value is -2.93. The zero-order valence-corrected chi connectivity index (χ0v) is 20.9. The van der Waals surface area contributed by atoms with Crippen molar-refractivity contribution in [3.05, 3.63) is 59.5 Å². The van der Waals surface area contributed by atoms with Crippen LogP contribution in [-0.2, 0) is 12.8 Å². The van der Waals surface area contributed by atoms with Gasteiger partial charge in [-0.15, -0.1) is 0 Å². The molecule has 186 valence electrons. The highest BCUT2D eigenvalue weighted by atomic mass is 16.5. The molecule has 0 unspecified atom stereocenters. The van der Waals surface area contributed by atoms with Gasteiger partial charge in [0, 0.05) is 43.5 Å². The van der Waals surface area contributed by atoms with E-state index in [2.05, 4.69) is 21.4 Å². The molecule has 1 fully saturated rings. The molecule has 35 heavy (non-hydrogen) atoms. The molecule has 0 aromatic carbocycles. The summed E-state index contributed by atoms with van der Waals surface area (Å²) in [6, 6.07) is 10.3. The normalized spacial score (nSPS) is 21.0. The second kappa shape index (κ2) is 10.8. The first-order valence-corrected chi connectivity index (χ1v) is 13.2. The van der Waals surface area contributed by atoms with E-state index in [-0.39, 0.29) is 18.1 Å². The number of hydrogen-bond acceptors (Lipinski definition) is 5. The van der Waals surface area contributed by atoms with Gasteiger partial charge in [-0.2, -0.15) is 5.10 Å². The van der Waals surface area contributed by atoms with Crippen molar-refractivity contribution < 1.29 is 9.53 Å². The average molecular weight is 476 g/mol. The molecular formula is C28H37N5O2. The summed E-state index contributed by atoms with van der Waals surface area (Å²) in [5.74, 6) is 1.49. The number of nitrogens with one attached hydrogen (secondary N) is 1. The Morgan fingerprint density at radius 1 is 1.11 bits per heavy atom. The zero-order valence-electron chi connectivity index (χ0n) is 20.9. The predicted molar refractivity (Wildman–Crippen MR) is 137 cm³/mol. The molecule has 1 amide bonds. The maximum Gasteiger partial charge on any atom is 0.255 e. The molecule has 0 bridgehead atoms. The van der Waals surface area contributed by atoms with Crippen LogP contribution in [0.15, 0.2) is 42.7 Å². The van der Waals surface area contributed by atoms with Crippen LogP contribution in [0.4, 0.5) is 0 Å². The van der Waals surface area contributed by atoms with Gasteiger partial charge in [-0.3, -0.25) is 4.79 Å². The first kappa shape index (κ1) is 23.8. The van der Waals surface area contributed by atoms with E-state index < -0.39 is 0 Å². The number of fused-ring (bicyclic) bond motifs is 2. The highest BCUT2D eigenvalue weighted by molar-refractivity contribution is 6.00. The molecule has 7 heteroatoms. The molecule has 1 saturated carbocycles. The maximum atomic E-state index is 12.8. The molecule has 0 radical (unpaired) electrons. The van der Waals surface area contributed by atoms with Crippen molar-refractivity contribution >= 4 is 11.4 Å². The van der Waals surface area contributed by atoms with E-state index in [4.69, 9.17) is 9.72 Å². The molecule has 7 nitrogen and oxygen atoms in total. The Kier molecular flexibility index (Phi) is 7.32. The number of nitrogens with zero attached hydrogens (tertiary/aromatic N) is 4. The standard InChI is InChI=1S/C28H37N5O2/c1-20(2)35-27-11-8-22-13-17-32(18-14-25(22)31-27)16-12-21-6-9-23(10-7-21)30-28(34)24-19-29-33-15-4-3-5-26(24)33/h3-5,8,11,15,19-21,23H,6-7,9-10,12-14,16-18H2,1-2H3,(H,30,34)/t21-,23-. The SMILES string of the molecule is CC(C)Oc1ccc2c(n1)CCN(CC[C@H]1CC[C@H](NC(=O)c3cnn4ccccc34)CC1)CC2. The third-order valence-corrected chi connectivity index (χ3v) is 7.47. The van der Waals surface area contributed by atoms with Crippen molar-refractivity contribution in [1.29, 1.82) is 0 Å². The zero-order chi connectivity index (χ0) is 24.2. The van der Waals surface area contributed by atoms with Crippen LogP contribution in [0.2, 0.25) is 0 Å². The molecule has 5 rings (SSSR count). The van der Waals surface area contributed by atoms with E-state index in [1.165, 1.54) is 30.5 Å². The van der Waals surface area contributed by atoms with Crippen LogP contribution in [0.5, 0.6) is 5.88 Å². The summed E-state index contributed by atoms with van der Waals surface area (Å²) < 4.78 is 7.54. The summed E-state index contributed by atoms with van der Waals surface area (Å²) in [6.07, 6.45) is 11.5. The quantitative estimate of drug-likeness (QED) is 0.552. The van der Waals surface area contributed by atoms with Crippen molar-refractivity contribution in [3.63, 3.8) is 0 Å². The predicted octanol–water partition coefficient (Wildman–Crippen LogP) is 4.30. The minimum atomic E-state index is -0.00524. The summed E-state index contributed by atoms with van der Waals surface area (Å²) in [7, 11) is 0. The Morgan fingerprint density at radius 3 is 2.77 bits per heavy atom. The molecule has 2 aliphatic rings. The number of carbonyl (C=O) groups is 1. The summed E-state index contributed by atoms with van der Waals surface area (Å²) in [5, 5.41) is 7.54. The number of amides is 1. The van der Waals surface area contributed by atoms with Crippen molar-refractivity contribution in [2.24, 2.45) is 5.92 Å². The summed E-state index contributed by atoms with van der Waals surface area (Å²) >= 11 is 0. The first-order valence-electron chi connectivity index (χ1n) is 13.2. The second-order valence-electron chi connectivity index (χ2n) is 10.3. The maximum absolute atomic E-state index is 12.8. The second-order valence-corrected chi connectivity index (χ2v) is 10.3. The van der Waals surface area contributed by atoms with Crippen molar-refractivity contribution in [1.82, 2.24) is 24.8 Å². The lowest BCUT2D eigenvalue weighted by Gasteiger charge is -2.30. The van der Waals surface area contributed by atoms with Gasteiger partial charge >= 0.3 is 0 Å². The van der Waals surface area contributed by atoms with Gasteiger partial charge < -0.3 is 15.0 Å². The third kappa shape index (κ3) is 5.84. The lowest BCUT2D eigenvalue weighted by atomic mass is 9.84. The van der Waals surface area contributed by atoms with Crippen LogP contribution in [0.3, 0.4) is 0 Å². The Balaban J connectivity index is 1.06. The van der Waals surface area contributed by atoms with E-state index in [9.17, 15) is 4.79 Å². The van der Waals surface area contributed by atoms with Crippen LogP contribution >= 0.6 is 0 Å². The van der Waals surface area contributed by atoms with Crippen LogP contribution in [0, 0.1) is 5.92 Å². The summed E-state index contributed by atoms with van der Waals surface area (Å²) in [6.45, 7) is 7.39. The Morgan fingerprint density at radius 2 is 1.94 bits per heavy atom. The van der Waals surface area contributed by atoms with Gasteiger partial charge in [0.1, 0.15) is 0 Å². The van der Waals surface area contributed by atoms with Crippen molar-refractivity contribution in [3.8, 4) is 5.88 Å². The number of ether oxygens (including phenoxy) is 1. The number of rotatable bonds is 7. The molecule has 3 aromatic heterocycles. The molecule has 1 N–H and O–H groups in total. The van der Waals surface area contributed by atoms with Gasteiger partial charge in [0.15, 0.2) is 0 Å². The van der Waals surface area contributed by atoms with E-state index >= 15 is 0 Å². The Labute approximate surface area is 207 Å². The van der Waals surface area contributed by atoms with Gasteiger partial charge in [-0.05, 0) is 82.5 Å². The van der Waals surface area contributed by atoms with Gasteiger partial charge in [0.05, 0.1) is 23.4 Å². The van der Waals surface area contributed by atoms with Crippen LogP contribution in [0.25, 0.3) is 5.52 Å². The fourth-order valence-electron chi connectivity index (χ4n) is 5.47. The Bertz CT molecular complexity index is 1150. The van der Waals surface area contributed by atoms with Crippen molar-refractivity contribution in [2.45, 2.75) is 70.9 Å². The lowest BCUT2D eigenvalue weighted by Crippen LogP contribution is -2.38. The van der Waals surface area contributed by atoms with Gasteiger partial charge in [-0.1, -0.05) is 12.1 Å². The average Bonchev–Trinajstić information content (AvgIpc) is 3.19. The smallest absolute Gasteiger partial charge is 0.255 e. The molecular weight excluding hydrogens is 438 g/mol. The van der Waals surface area contributed by atoms with Crippen LogP contribution in [-0.4, -0.2) is 57.2 Å². The van der Waals surface area contributed by atoms with E-state index in [0.29, 0.717) is 5.56 Å². The van der Waals surface area contributed by atoms with Gasteiger partial charge in [-0.25, -0.2) is 9.50 Å². The van der Waals surface area contributed by atoms with Gasteiger partial charge in [0.25, 0.3) is 5.91 Å². The fourth-order valence-corrected chi connectivity index (χ4v) is 5.47. The molecule has 0 spiro atoms. The highest BCUT2D eigenvalue weighted by Crippen LogP contribution is 2.28. The molecule has 4 heterocycles. The molecule has 1 aliphatic heterocycles. The minimum absolute atomic E-state index is 0.00524. The molecule has 0 saturated heterocycles. The van der Waals surface area contributed by atoms with E-state index in [1.54, 1.807) is 10.7 Å². The highest BCUT2D eigenvalue weighted by Gasteiger charge is 2.25. The number of aromatic nitrogens is 3. The first-order chi connectivity index (χ1) is 17.0.